The van der Waals surface area contributed by atoms with E-state index >= 15 is 0 Å². The van der Waals surface area contributed by atoms with E-state index in [0.717, 1.165) is 24.1 Å². The Kier molecular flexibility index (Phi) is 4.90. The summed E-state index contributed by atoms with van der Waals surface area (Å²) < 4.78 is 0. The first-order chi connectivity index (χ1) is 11.5. The summed E-state index contributed by atoms with van der Waals surface area (Å²) in [6, 6.07) is 7.91. The number of anilines is 1. The number of rotatable bonds is 4. The smallest absolute Gasteiger partial charge is 0.239 e. The Labute approximate surface area is 143 Å². The first-order valence-corrected chi connectivity index (χ1v) is 8.84. The topological polar surface area (TPSA) is 60.9 Å². The van der Waals surface area contributed by atoms with Gasteiger partial charge in [-0.05, 0) is 51.7 Å². The second-order valence-corrected chi connectivity index (χ2v) is 7.08. The summed E-state index contributed by atoms with van der Waals surface area (Å²) in [4.78, 5) is 29.2. The van der Waals surface area contributed by atoms with Gasteiger partial charge in [0.15, 0.2) is 0 Å². The Morgan fingerprint density at radius 1 is 1.25 bits per heavy atom. The highest BCUT2D eigenvalue weighted by atomic mass is 16.3. The molecule has 1 N–H and O–H groups in total. The molecule has 0 aliphatic carbocycles. The molecular formula is C19H26N2O3. The van der Waals surface area contributed by atoms with E-state index in [-0.39, 0.29) is 17.9 Å². The number of nitrogens with zero attached hydrogens (tertiary/aromatic N) is 2. The third kappa shape index (κ3) is 3.31. The molecule has 2 aliphatic rings. The fourth-order valence-electron chi connectivity index (χ4n) is 3.85. The fourth-order valence-corrected chi connectivity index (χ4v) is 3.85. The summed E-state index contributed by atoms with van der Waals surface area (Å²) in [5, 5.41) is 9.63. The minimum Gasteiger partial charge on any atom is -0.393 e. The molecule has 0 aromatic heterocycles. The van der Waals surface area contributed by atoms with Crippen LogP contribution < -0.4 is 4.90 Å². The van der Waals surface area contributed by atoms with Crippen LogP contribution in [-0.4, -0.2) is 47.1 Å². The lowest BCUT2D eigenvalue weighted by molar-refractivity contribution is -0.140. The SMILES string of the molecule is Cc1ccc(N2CCC(C(=O)N3CCCC3CC(C)O)C2=O)cc1. The van der Waals surface area contributed by atoms with Crippen molar-refractivity contribution in [2.45, 2.75) is 51.7 Å². The molecule has 2 amide bonds. The van der Waals surface area contributed by atoms with Gasteiger partial charge in [-0.15, -0.1) is 0 Å². The number of hydrogen-bond acceptors (Lipinski definition) is 3. The molecule has 2 fully saturated rings. The quantitative estimate of drug-likeness (QED) is 0.860. The van der Waals surface area contributed by atoms with Crippen LogP contribution in [0.3, 0.4) is 0 Å². The van der Waals surface area contributed by atoms with Crippen LogP contribution in [0.25, 0.3) is 0 Å². The van der Waals surface area contributed by atoms with Gasteiger partial charge in [-0.3, -0.25) is 9.59 Å². The van der Waals surface area contributed by atoms with Crippen LogP contribution >= 0.6 is 0 Å². The minimum absolute atomic E-state index is 0.0576. The zero-order valence-electron chi connectivity index (χ0n) is 14.4. The molecular weight excluding hydrogens is 304 g/mol. The van der Waals surface area contributed by atoms with Crippen molar-refractivity contribution < 1.29 is 14.7 Å². The van der Waals surface area contributed by atoms with Gasteiger partial charge in [0.25, 0.3) is 0 Å². The molecule has 0 radical (unpaired) electrons. The van der Waals surface area contributed by atoms with Gasteiger partial charge < -0.3 is 14.9 Å². The summed E-state index contributed by atoms with van der Waals surface area (Å²) in [7, 11) is 0. The van der Waals surface area contributed by atoms with E-state index < -0.39 is 12.0 Å². The van der Waals surface area contributed by atoms with Crippen molar-refractivity contribution in [3.63, 3.8) is 0 Å². The molecule has 5 heteroatoms. The van der Waals surface area contributed by atoms with Crippen molar-refractivity contribution in [3.8, 4) is 0 Å². The van der Waals surface area contributed by atoms with Gasteiger partial charge in [-0.2, -0.15) is 0 Å². The molecule has 2 saturated heterocycles. The van der Waals surface area contributed by atoms with Crippen molar-refractivity contribution in [1.29, 1.82) is 0 Å². The van der Waals surface area contributed by atoms with Gasteiger partial charge in [-0.25, -0.2) is 0 Å². The molecule has 2 heterocycles. The second kappa shape index (κ2) is 6.93. The monoisotopic (exact) mass is 330 g/mol. The number of hydrogen-bond donors (Lipinski definition) is 1. The number of carbonyl (C=O) groups excluding carboxylic acids is 2. The molecule has 24 heavy (non-hydrogen) atoms. The molecule has 1 aromatic carbocycles. The van der Waals surface area contributed by atoms with Crippen LogP contribution in [0.15, 0.2) is 24.3 Å². The predicted octanol–water partition coefficient (Wildman–Crippen LogP) is 2.11. The Morgan fingerprint density at radius 3 is 2.62 bits per heavy atom. The molecule has 2 aliphatic heterocycles. The highest BCUT2D eigenvalue weighted by molar-refractivity contribution is 6.09. The standard InChI is InChI=1S/C19H26N2O3/c1-13-5-7-15(8-6-13)21-11-9-17(19(21)24)18(23)20-10-3-4-16(20)12-14(2)22/h5-8,14,16-17,22H,3-4,9-12H2,1-2H3. The zero-order chi connectivity index (χ0) is 17.3. The van der Waals surface area contributed by atoms with Crippen LogP contribution in [0.4, 0.5) is 5.69 Å². The highest BCUT2D eigenvalue weighted by Crippen LogP contribution is 2.30. The van der Waals surface area contributed by atoms with E-state index in [0.29, 0.717) is 25.9 Å². The summed E-state index contributed by atoms with van der Waals surface area (Å²) in [6.45, 7) is 5.05. The molecule has 130 valence electrons. The molecule has 0 bridgehead atoms. The van der Waals surface area contributed by atoms with E-state index in [2.05, 4.69) is 0 Å². The summed E-state index contributed by atoms with van der Waals surface area (Å²) in [5.74, 6) is -0.717. The number of aliphatic hydroxyl groups is 1. The number of likely N-dealkylation sites (tertiary alicyclic amines) is 1. The van der Waals surface area contributed by atoms with Gasteiger partial charge in [-0.1, -0.05) is 17.7 Å². The van der Waals surface area contributed by atoms with Crippen LogP contribution in [0.2, 0.25) is 0 Å². The van der Waals surface area contributed by atoms with E-state index in [1.54, 1.807) is 11.8 Å². The lowest BCUT2D eigenvalue weighted by Gasteiger charge is -2.28. The van der Waals surface area contributed by atoms with Crippen molar-refractivity contribution in [2.75, 3.05) is 18.0 Å². The van der Waals surface area contributed by atoms with E-state index in [1.807, 2.05) is 36.1 Å². The Morgan fingerprint density at radius 2 is 1.96 bits per heavy atom. The number of aryl methyl sites for hydroxylation is 1. The van der Waals surface area contributed by atoms with Gasteiger partial charge in [0, 0.05) is 24.8 Å². The van der Waals surface area contributed by atoms with Gasteiger partial charge in [0.05, 0.1) is 6.10 Å². The maximum atomic E-state index is 12.9. The third-order valence-corrected chi connectivity index (χ3v) is 5.12. The fraction of sp³-hybridized carbons (Fsp3) is 0.579. The predicted molar refractivity (Wildman–Crippen MR) is 92.7 cm³/mol. The first kappa shape index (κ1) is 17.0. The highest BCUT2D eigenvalue weighted by Gasteiger charge is 2.42. The molecule has 3 atom stereocenters. The maximum Gasteiger partial charge on any atom is 0.239 e. The van der Waals surface area contributed by atoms with E-state index in [1.165, 1.54) is 0 Å². The van der Waals surface area contributed by atoms with Crippen LogP contribution in [0.5, 0.6) is 0 Å². The van der Waals surface area contributed by atoms with Crippen molar-refractivity contribution >= 4 is 17.5 Å². The number of aliphatic hydroxyl groups excluding tert-OH is 1. The molecule has 3 rings (SSSR count). The number of benzene rings is 1. The van der Waals surface area contributed by atoms with Crippen LogP contribution in [0.1, 0.15) is 38.2 Å². The van der Waals surface area contributed by atoms with E-state index in [9.17, 15) is 14.7 Å². The van der Waals surface area contributed by atoms with Crippen molar-refractivity contribution in [2.24, 2.45) is 5.92 Å². The Balaban J connectivity index is 1.70. The Bertz CT molecular complexity index is 612. The molecule has 3 unspecified atom stereocenters. The largest absolute Gasteiger partial charge is 0.393 e. The normalized spacial score (nSPS) is 25.4. The average molecular weight is 330 g/mol. The summed E-state index contributed by atoms with van der Waals surface area (Å²) in [5.41, 5.74) is 2.01. The van der Waals surface area contributed by atoms with Crippen molar-refractivity contribution in [1.82, 2.24) is 4.90 Å². The maximum absolute atomic E-state index is 12.9. The first-order valence-electron chi connectivity index (χ1n) is 8.84. The molecule has 0 saturated carbocycles. The van der Waals surface area contributed by atoms with Gasteiger partial charge in [0.2, 0.25) is 11.8 Å². The van der Waals surface area contributed by atoms with Crippen LogP contribution in [0, 0.1) is 12.8 Å². The lowest BCUT2D eigenvalue weighted by atomic mass is 10.0. The molecule has 0 spiro atoms. The van der Waals surface area contributed by atoms with Crippen LogP contribution in [-0.2, 0) is 9.59 Å². The summed E-state index contributed by atoms with van der Waals surface area (Å²) >= 11 is 0. The zero-order valence-corrected chi connectivity index (χ0v) is 14.4. The number of carbonyl (C=O) groups is 2. The van der Waals surface area contributed by atoms with E-state index in [4.69, 9.17) is 0 Å². The second-order valence-electron chi connectivity index (χ2n) is 7.08. The van der Waals surface area contributed by atoms with Gasteiger partial charge >= 0.3 is 0 Å². The Hall–Kier alpha value is -1.88. The average Bonchev–Trinajstić information content (AvgIpc) is 3.14. The minimum atomic E-state index is -0.569. The van der Waals surface area contributed by atoms with Crippen molar-refractivity contribution in [3.05, 3.63) is 29.8 Å². The molecule has 1 aromatic rings. The number of amides is 2. The third-order valence-electron chi connectivity index (χ3n) is 5.12. The lowest BCUT2D eigenvalue weighted by Crippen LogP contribution is -2.43. The molecule has 5 nitrogen and oxygen atoms in total. The summed E-state index contributed by atoms with van der Waals surface area (Å²) in [6.07, 6.45) is 2.61. The van der Waals surface area contributed by atoms with Gasteiger partial charge in [0.1, 0.15) is 5.92 Å².